The van der Waals surface area contributed by atoms with Gasteiger partial charge in [-0.2, -0.15) is 18.3 Å². The number of halogens is 5. The highest BCUT2D eigenvalue weighted by molar-refractivity contribution is 7.94. The fourth-order valence-electron chi connectivity index (χ4n) is 4.00. The SMILES string of the molecule is CCC(CC)Nc1c([N+](=O)[O-])cc(C)c(C)c1[N+](=O)[O-].C[S+](C)C.Nc1c([N+](=O)[O-])cnn1-c1c(Cl)cc(C(F)(F)F)cc1Cl.O=C(O)CNCP(=O)([O-])O. The molecule has 3 rings (SSSR count). The van der Waals surface area contributed by atoms with E-state index in [2.05, 4.69) is 29.2 Å². The minimum atomic E-state index is -4.63. The number of aryl methyl sites for hydroxylation is 1. The van der Waals surface area contributed by atoms with Gasteiger partial charge >= 0.3 is 23.5 Å². The zero-order chi connectivity index (χ0) is 43.2. The molecule has 1 aromatic heterocycles. The quantitative estimate of drug-likeness (QED) is 0.0598. The van der Waals surface area contributed by atoms with Crippen LogP contribution in [0, 0.1) is 44.2 Å². The van der Waals surface area contributed by atoms with Gasteiger partial charge in [-0.25, -0.2) is 4.68 Å². The molecule has 0 aliphatic carbocycles. The second kappa shape index (κ2) is 22.3. The minimum absolute atomic E-state index is 0.0109. The molecule has 0 aliphatic rings. The van der Waals surface area contributed by atoms with Gasteiger partial charge in [0.2, 0.25) is 5.82 Å². The molecule has 26 heteroatoms. The summed E-state index contributed by atoms with van der Waals surface area (Å²) in [6, 6.07) is 2.62. The van der Waals surface area contributed by atoms with Crippen LogP contribution in [0.25, 0.3) is 5.69 Å². The number of nitro benzene ring substituents is 2. The normalized spacial score (nSPS) is 11.9. The Morgan fingerprint density at radius 2 is 1.49 bits per heavy atom. The van der Waals surface area contributed by atoms with E-state index in [0.29, 0.717) is 34.2 Å². The molecule has 6 N–H and O–H groups in total. The average Bonchev–Trinajstić information content (AvgIpc) is 3.40. The first-order valence-electron chi connectivity index (χ1n) is 15.3. The van der Waals surface area contributed by atoms with Crippen molar-refractivity contribution in [1.82, 2.24) is 15.1 Å². The number of carboxylic acid groups (broad SMARTS) is 1. The Hall–Kier alpha value is -4.25. The highest BCUT2D eigenvalue weighted by atomic mass is 35.5. The summed E-state index contributed by atoms with van der Waals surface area (Å²) in [6.07, 6.45) is 3.56. The molecule has 1 atom stereocenters. The molecule has 0 saturated carbocycles. The minimum Gasteiger partial charge on any atom is -0.778 e. The number of nitrogens with one attached hydrogen (secondary N) is 2. The van der Waals surface area contributed by atoms with Crippen molar-refractivity contribution in [2.45, 2.75) is 52.8 Å². The van der Waals surface area contributed by atoms with E-state index in [9.17, 15) is 57.8 Å². The number of carbonyl (C=O) groups is 1. The number of hydrogen-bond acceptors (Lipinski definition) is 13. The number of carboxylic acids is 1. The number of anilines is 2. The topological polar surface area (TPSA) is 295 Å². The monoisotopic (exact) mass is 866 g/mol. The molecule has 0 bridgehead atoms. The summed E-state index contributed by atoms with van der Waals surface area (Å²) in [4.78, 5) is 59.0. The van der Waals surface area contributed by atoms with Gasteiger partial charge in [-0.1, -0.05) is 37.0 Å². The van der Waals surface area contributed by atoms with E-state index in [1.54, 1.807) is 13.8 Å². The molecule has 1 unspecified atom stereocenters. The summed E-state index contributed by atoms with van der Waals surface area (Å²) in [6.45, 7) is 6.62. The molecular weight excluding hydrogens is 827 g/mol. The molecule has 2 aromatic carbocycles. The standard InChI is InChI=1S/C13H19N3O4.C10H5Cl2F3N4O2.C3H8NO5P.C3H9S/c1-5-10(6-2)14-12-11(15(17)18)7-8(3)9(4)13(12)16(19)20;11-5-1-4(10(13,14)15)2-6(12)8(5)18-9(16)7(3-17-18)19(20)21;5-3(6)1-4-2-10(7,8)9;1-4(2)3/h7,10,14H,5-6H2,1-4H3;1-3H,16H2;4H,1-2H2,(H,5,6)(H2,7,8,9);1-3H3/q;;;+1/p-1. The largest absolute Gasteiger partial charge is 0.778 e. The molecule has 3 aromatic rings. The lowest BCUT2D eigenvalue weighted by Crippen LogP contribution is -2.25. The maximum atomic E-state index is 12.6. The van der Waals surface area contributed by atoms with E-state index < -0.39 is 64.4 Å². The van der Waals surface area contributed by atoms with Crippen LogP contribution >= 0.6 is 30.8 Å². The Labute approximate surface area is 325 Å². The third kappa shape index (κ3) is 17.0. The number of alkyl halides is 3. The molecule has 19 nitrogen and oxygen atoms in total. The van der Waals surface area contributed by atoms with Crippen molar-refractivity contribution in [3.8, 4) is 5.69 Å². The molecular formula is C29H40Cl2F3N8O11PS. The fraction of sp³-hybridized carbons (Fsp3) is 0.448. The predicted octanol–water partition coefficient (Wildman–Crippen LogP) is 6.07. The number of benzene rings is 2. The van der Waals surface area contributed by atoms with Crippen LogP contribution in [0.4, 0.5) is 41.7 Å². The van der Waals surface area contributed by atoms with Crippen LogP contribution in [0.5, 0.6) is 0 Å². The lowest BCUT2D eigenvalue weighted by Gasteiger charge is -2.17. The molecule has 308 valence electrons. The summed E-state index contributed by atoms with van der Waals surface area (Å²) in [5.41, 5.74) is 4.34. The highest BCUT2D eigenvalue weighted by Crippen LogP contribution is 2.40. The first-order chi connectivity index (χ1) is 25.1. The first-order valence-corrected chi connectivity index (χ1v) is 20.3. The molecule has 0 saturated heterocycles. The summed E-state index contributed by atoms with van der Waals surface area (Å²) in [5, 5.41) is 48.9. The molecule has 0 fully saturated rings. The fourth-order valence-corrected chi connectivity index (χ4v) is 5.04. The van der Waals surface area contributed by atoms with Crippen molar-refractivity contribution < 1.29 is 52.2 Å². The molecule has 0 radical (unpaired) electrons. The van der Waals surface area contributed by atoms with Crippen LogP contribution in [-0.4, -0.2) is 78.2 Å². The van der Waals surface area contributed by atoms with Crippen LogP contribution in [0.2, 0.25) is 10.0 Å². The first kappa shape index (κ1) is 50.8. The smallest absolute Gasteiger partial charge is 0.416 e. The van der Waals surface area contributed by atoms with Crippen molar-refractivity contribution in [2.24, 2.45) is 0 Å². The van der Waals surface area contributed by atoms with E-state index >= 15 is 0 Å². The third-order valence-corrected chi connectivity index (χ3v) is 7.83. The zero-order valence-corrected chi connectivity index (χ0v) is 33.6. The predicted molar refractivity (Wildman–Crippen MR) is 202 cm³/mol. The van der Waals surface area contributed by atoms with Crippen molar-refractivity contribution in [3.63, 3.8) is 0 Å². The summed E-state index contributed by atoms with van der Waals surface area (Å²) in [7, 11) is -3.71. The van der Waals surface area contributed by atoms with E-state index in [1.807, 2.05) is 19.2 Å². The number of aliphatic carboxylic acids is 1. The van der Waals surface area contributed by atoms with Crippen molar-refractivity contribution in [2.75, 3.05) is 42.6 Å². The van der Waals surface area contributed by atoms with Gasteiger partial charge in [0.15, 0.2) is 5.69 Å². The Morgan fingerprint density at radius 3 is 1.84 bits per heavy atom. The van der Waals surface area contributed by atoms with Gasteiger partial charge < -0.3 is 30.5 Å². The van der Waals surface area contributed by atoms with Crippen LogP contribution in [0.1, 0.15) is 43.4 Å². The van der Waals surface area contributed by atoms with Gasteiger partial charge in [0.1, 0.15) is 19.5 Å². The molecule has 0 spiro atoms. The van der Waals surface area contributed by atoms with Gasteiger partial charge in [0.25, 0.3) is 5.69 Å². The summed E-state index contributed by atoms with van der Waals surface area (Å²) >= 11 is 11.5. The Morgan fingerprint density at radius 1 is 1.02 bits per heavy atom. The number of nitrogens with two attached hydrogens (primary N) is 1. The van der Waals surface area contributed by atoms with E-state index in [4.69, 9.17) is 38.9 Å². The van der Waals surface area contributed by atoms with Gasteiger partial charge in [0.05, 0.1) is 62.0 Å². The molecule has 0 aliphatic heterocycles. The van der Waals surface area contributed by atoms with Crippen molar-refractivity contribution in [1.29, 1.82) is 0 Å². The average molecular weight is 868 g/mol. The molecule has 1 heterocycles. The van der Waals surface area contributed by atoms with Crippen LogP contribution < -0.4 is 21.3 Å². The lowest BCUT2D eigenvalue weighted by atomic mass is 10.0. The highest BCUT2D eigenvalue weighted by Gasteiger charge is 2.33. The third-order valence-electron chi connectivity index (χ3n) is 6.63. The maximum Gasteiger partial charge on any atom is 0.416 e. The van der Waals surface area contributed by atoms with Gasteiger partial charge in [0, 0.05) is 17.7 Å². The zero-order valence-electron chi connectivity index (χ0n) is 30.3. The van der Waals surface area contributed by atoms with E-state index in [1.165, 1.54) is 6.07 Å². The Balaban J connectivity index is 0.000000798. The van der Waals surface area contributed by atoms with Gasteiger partial charge in [-0.3, -0.25) is 40.5 Å². The number of nitrogens with zero attached hydrogens (tertiary/aromatic N) is 5. The molecule has 55 heavy (non-hydrogen) atoms. The molecule has 0 amide bonds. The number of hydrogen-bond donors (Lipinski definition) is 5. The van der Waals surface area contributed by atoms with E-state index in [0.717, 1.165) is 23.7 Å². The van der Waals surface area contributed by atoms with E-state index in [-0.39, 0.29) is 38.8 Å². The van der Waals surface area contributed by atoms with Crippen molar-refractivity contribution in [3.05, 3.63) is 81.5 Å². The number of nitro groups is 3. The van der Waals surface area contributed by atoms with Crippen LogP contribution in [-0.2, 0) is 26.4 Å². The van der Waals surface area contributed by atoms with Gasteiger partial charge in [-0.05, 0) is 55.3 Å². The lowest BCUT2D eigenvalue weighted by molar-refractivity contribution is -0.392. The second-order valence-corrected chi connectivity index (χ2v) is 16.3. The maximum absolute atomic E-state index is 12.6. The van der Waals surface area contributed by atoms with Gasteiger partial charge in [-0.15, -0.1) is 0 Å². The number of aromatic nitrogens is 2. The number of nitrogen functional groups attached to an aromatic ring is 1. The Kier molecular flexibility index (Phi) is 20.6. The second-order valence-electron chi connectivity index (χ2n) is 11.4. The summed E-state index contributed by atoms with van der Waals surface area (Å²) < 4.78 is 48.6. The van der Waals surface area contributed by atoms with Crippen LogP contribution in [0.15, 0.2) is 24.4 Å². The van der Waals surface area contributed by atoms with Crippen molar-refractivity contribution >= 4 is 76.2 Å². The summed E-state index contributed by atoms with van der Waals surface area (Å²) in [5.74, 6) is -1.57. The van der Waals surface area contributed by atoms with Crippen LogP contribution in [0.3, 0.4) is 0 Å². The Bertz CT molecular complexity index is 1850. The number of rotatable bonds is 12.